The van der Waals surface area contributed by atoms with Crippen LogP contribution < -0.4 is 5.32 Å². The summed E-state index contributed by atoms with van der Waals surface area (Å²) in [6.45, 7) is 3.09. The Labute approximate surface area is 147 Å². The van der Waals surface area contributed by atoms with Crippen molar-refractivity contribution in [2.45, 2.75) is 29.8 Å². The highest BCUT2D eigenvalue weighted by atomic mass is 35.5. The highest BCUT2D eigenvalue weighted by Gasteiger charge is 2.60. The molecule has 0 saturated heterocycles. The number of halogens is 4. The van der Waals surface area contributed by atoms with Crippen molar-refractivity contribution in [1.29, 1.82) is 0 Å². The van der Waals surface area contributed by atoms with E-state index in [9.17, 15) is 18.0 Å². The standard InChI is InChI=1S/C16H16ClF3N2OS/c1-2-7-24-15(16(18,19)20)9-22(11-4-5-11)14(23)21-13-6-3-10(17)8-12(13)15/h2-3,6,8,11H,1,4-5,7,9H2,(H,21,23)/t15-/m1/s1. The summed E-state index contributed by atoms with van der Waals surface area (Å²) in [5.74, 6) is 0.109. The first-order valence-electron chi connectivity index (χ1n) is 7.48. The molecule has 1 aromatic rings. The van der Waals surface area contributed by atoms with Crippen molar-refractivity contribution < 1.29 is 18.0 Å². The van der Waals surface area contributed by atoms with Gasteiger partial charge in [-0.25, -0.2) is 4.79 Å². The van der Waals surface area contributed by atoms with Gasteiger partial charge in [-0.1, -0.05) is 17.7 Å². The van der Waals surface area contributed by atoms with Gasteiger partial charge in [0.2, 0.25) is 0 Å². The lowest BCUT2D eigenvalue weighted by Crippen LogP contribution is -2.50. The van der Waals surface area contributed by atoms with Crippen molar-refractivity contribution in [1.82, 2.24) is 4.90 Å². The molecule has 1 saturated carbocycles. The molecule has 0 radical (unpaired) electrons. The van der Waals surface area contributed by atoms with Crippen LogP contribution in [0.4, 0.5) is 23.7 Å². The lowest BCUT2D eigenvalue weighted by atomic mass is 9.95. The second kappa shape index (κ2) is 6.19. The van der Waals surface area contributed by atoms with Crippen LogP contribution in [0, 0.1) is 0 Å². The van der Waals surface area contributed by atoms with Crippen LogP contribution in [0.1, 0.15) is 18.4 Å². The normalized spacial score (nSPS) is 24.2. The fourth-order valence-corrected chi connectivity index (χ4v) is 4.17. The highest BCUT2D eigenvalue weighted by Crippen LogP contribution is 2.54. The molecule has 0 unspecified atom stereocenters. The van der Waals surface area contributed by atoms with Gasteiger partial charge in [0.1, 0.15) is 0 Å². The largest absolute Gasteiger partial charge is 0.409 e. The Morgan fingerprint density at radius 2 is 2.17 bits per heavy atom. The number of amides is 2. The lowest BCUT2D eigenvalue weighted by molar-refractivity contribution is -0.164. The van der Waals surface area contributed by atoms with Crippen molar-refractivity contribution in [2.75, 3.05) is 17.6 Å². The molecule has 2 amide bonds. The third kappa shape index (κ3) is 2.99. The van der Waals surface area contributed by atoms with Gasteiger partial charge >= 0.3 is 12.2 Å². The second-order valence-corrected chi connectivity index (χ2v) is 7.66. The van der Waals surface area contributed by atoms with Crippen molar-refractivity contribution in [2.24, 2.45) is 0 Å². The monoisotopic (exact) mass is 376 g/mol. The van der Waals surface area contributed by atoms with Crippen LogP contribution in [0.25, 0.3) is 0 Å². The first kappa shape index (κ1) is 17.5. The van der Waals surface area contributed by atoms with Gasteiger partial charge in [0.05, 0.1) is 6.54 Å². The van der Waals surface area contributed by atoms with Gasteiger partial charge in [-0.2, -0.15) is 13.2 Å². The first-order chi connectivity index (χ1) is 11.3. The van der Waals surface area contributed by atoms with Crippen LogP contribution in [0.5, 0.6) is 0 Å². The zero-order chi connectivity index (χ0) is 17.5. The molecule has 3 nitrogen and oxygen atoms in total. The molecular formula is C16H16ClF3N2OS. The molecule has 1 aromatic carbocycles. The molecule has 1 atom stereocenters. The second-order valence-electron chi connectivity index (χ2n) is 5.90. The zero-order valence-electron chi connectivity index (χ0n) is 12.7. The molecule has 1 heterocycles. The van der Waals surface area contributed by atoms with Gasteiger partial charge in [-0.15, -0.1) is 18.3 Å². The smallest absolute Gasteiger partial charge is 0.319 e. The molecule has 130 valence electrons. The molecule has 1 aliphatic heterocycles. The number of alkyl halides is 3. The summed E-state index contributed by atoms with van der Waals surface area (Å²) >= 11 is 6.70. The Bertz CT molecular complexity index is 678. The number of fused-ring (bicyclic) bond motifs is 1. The molecule has 1 fully saturated rings. The maximum atomic E-state index is 14.2. The number of carbonyl (C=O) groups is 1. The molecule has 8 heteroatoms. The topological polar surface area (TPSA) is 32.3 Å². The number of benzene rings is 1. The van der Waals surface area contributed by atoms with E-state index in [0.717, 1.165) is 24.6 Å². The molecule has 24 heavy (non-hydrogen) atoms. The maximum absolute atomic E-state index is 14.2. The summed E-state index contributed by atoms with van der Waals surface area (Å²) in [6.07, 6.45) is -1.67. The minimum Gasteiger partial charge on any atom is -0.319 e. The number of hydrogen-bond donors (Lipinski definition) is 1. The average molecular weight is 377 g/mol. The van der Waals surface area contributed by atoms with Gasteiger partial charge in [0.15, 0.2) is 4.75 Å². The number of thioether (sulfide) groups is 1. The molecule has 1 N–H and O–H groups in total. The molecule has 3 rings (SSSR count). The summed E-state index contributed by atoms with van der Waals surface area (Å²) in [5, 5.41) is 2.82. The van der Waals surface area contributed by atoms with Crippen LogP contribution in [-0.2, 0) is 4.75 Å². The quantitative estimate of drug-likeness (QED) is 0.748. The van der Waals surface area contributed by atoms with Gasteiger partial charge in [-0.3, -0.25) is 0 Å². The average Bonchev–Trinajstić information content (AvgIpc) is 3.32. The SMILES string of the molecule is C=CCS[C@]1(C(F)(F)F)CN(C2CC2)C(=O)Nc2ccc(Cl)cc21. The first-order valence-corrected chi connectivity index (χ1v) is 8.84. The number of hydrogen-bond acceptors (Lipinski definition) is 2. The number of carbonyl (C=O) groups excluding carboxylic acids is 1. The highest BCUT2D eigenvalue weighted by molar-refractivity contribution is 8.00. The number of urea groups is 1. The number of nitrogens with zero attached hydrogens (tertiary/aromatic N) is 1. The fourth-order valence-electron chi connectivity index (χ4n) is 2.87. The van der Waals surface area contributed by atoms with E-state index in [1.165, 1.54) is 29.2 Å². The van der Waals surface area contributed by atoms with Crippen molar-refractivity contribution in [3.8, 4) is 0 Å². The van der Waals surface area contributed by atoms with Gasteiger partial charge < -0.3 is 10.2 Å². The Morgan fingerprint density at radius 3 is 2.75 bits per heavy atom. The van der Waals surface area contributed by atoms with Gasteiger partial charge in [0.25, 0.3) is 0 Å². The summed E-state index contributed by atoms with van der Waals surface area (Å²) in [7, 11) is 0. The summed E-state index contributed by atoms with van der Waals surface area (Å²) in [4.78, 5) is 13.7. The van der Waals surface area contributed by atoms with Gasteiger partial charge in [0, 0.05) is 28.1 Å². The van der Waals surface area contributed by atoms with Crippen LogP contribution in [0.3, 0.4) is 0 Å². The van der Waals surface area contributed by atoms with E-state index >= 15 is 0 Å². The maximum Gasteiger partial charge on any atom is 0.409 e. The van der Waals surface area contributed by atoms with E-state index in [0.29, 0.717) is 0 Å². The van der Waals surface area contributed by atoms with Crippen LogP contribution in [-0.4, -0.2) is 35.4 Å². The minimum atomic E-state index is -4.56. The number of rotatable bonds is 4. The summed E-state index contributed by atoms with van der Waals surface area (Å²) in [5.41, 5.74) is 0.146. The van der Waals surface area contributed by atoms with Crippen LogP contribution >= 0.6 is 23.4 Å². The third-order valence-electron chi connectivity index (χ3n) is 4.21. The lowest BCUT2D eigenvalue weighted by Gasteiger charge is -2.37. The van der Waals surface area contributed by atoms with E-state index in [1.54, 1.807) is 0 Å². The van der Waals surface area contributed by atoms with E-state index < -0.39 is 23.5 Å². The van der Waals surface area contributed by atoms with Crippen molar-refractivity contribution in [3.05, 3.63) is 41.4 Å². The Hall–Kier alpha value is -1.34. The van der Waals surface area contributed by atoms with E-state index in [-0.39, 0.29) is 28.1 Å². The molecule has 0 aromatic heterocycles. The van der Waals surface area contributed by atoms with Crippen molar-refractivity contribution in [3.63, 3.8) is 0 Å². The van der Waals surface area contributed by atoms with Crippen LogP contribution in [0.15, 0.2) is 30.9 Å². The number of nitrogens with one attached hydrogen (secondary N) is 1. The van der Waals surface area contributed by atoms with E-state index in [4.69, 9.17) is 11.6 Å². The third-order valence-corrected chi connectivity index (χ3v) is 5.92. The van der Waals surface area contributed by atoms with Crippen molar-refractivity contribution >= 4 is 35.1 Å². The van der Waals surface area contributed by atoms with E-state index in [1.807, 2.05) is 0 Å². The predicted octanol–water partition coefficient (Wildman–Crippen LogP) is 5.03. The minimum absolute atomic E-state index is 0.00847. The summed E-state index contributed by atoms with van der Waals surface area (Å²) in [6, 6.07) is 3.58. The Kier molecular flexibility index (Phi) is 4.51. The molecule has 0 bridgehead atoms. The summed E-state index contributed by atoms with van der Waals surface area (Å²) < 4.78 is 40.4. The Balaban J connectivity index is 2.19. The molecule has 2 aliphatic rings. The molecule has 0 spiro atoms. The number of anilines is 1. The predicted molar refractivity (Wildman–Crippen MR) is 90.6 cm³/mol. The van der Waals surface area contributed by atoms with E-state index in [2.05, 4.69) is 11.9 Å². The molecule has 1 aliphatic carbocycles. The van der Waals surface area contributed by atoms with Gasteiger partial charge in [-0.05, 0) is 31.0 Å². The zero-order valence-corrected chi connectivity index (χ0v) is 14.3. The van der Waals surface area contributed by atoms with Crippen LogP contribution in [0.2, 0.25) is 5.02 Å². The Morgan fingerprint density at radius 1 is 1.46 bits per heavy atom. The fraction of sp³-hybridized carbons (Fsp3) is 0.438. The molecular weight excluding hydrogens is 361 g/mol.